The van der Waals surface area contributed by atoms with Gasteiger partial charge in [0.05, 0.1) is 11.0 Å². The Morgan fingerprint density at radius 2 is 2.04 bits per heavy atom. The Balaban J connectivity index is 1.94. The zero-order valence-corrected chi connectivity index (χ0v) is 11.2. The number of anilines is 1. The number of H-pyrrole nitrogens is 1. The van der Waals surface area contributed by atoms with Crippen LogP contribution in [-0.4, -0.2) is 25.8 Å². The lowest BCUT2D eigenvalue weighted by Crippen LogP contribution is -2.15. The first kappa shape index (κ1) is 14.5. The second kappa shape index (κ2) is 5.40. The second-order valence-corrected chi connectivity index (χ2v) is 4.45. The maximum atomic E-state index is 13.1. The van der Waals surface area contributed by atoms with Crippen LogP contribution in [0.4, 0.5) is 20.3 Å². The first-order valence-corrected chi connectivity index (χ1v) is 6.21. The Hall–Kier alpha value is -3.43. The number of rotatable bonds is 3. The van der Waals surface area contributed by atoms with Crippen molar-refractivity contribution in [2.24, 2.45) is 0 Å². The highest BCUT2D eigenvalue weighted by atomic mass is 19.2. The number of pyridine rings is 1. The minimum absolute atomic E-state index is 0.0507. The Bertz CT molecular complexity index is 902. The van der Waals surface area contributed by atoms with Crippen molar-refractivity contribution < 1.29 is 18.5 Å². The molecule has 2 N–H and O–H groups in total. The van der Waals surface area contributed by atoms with Gasteiger partial charge in [0.25, 0.3) is 5.91 Å². The first-order valence-electron chi connectivity index (χ1n) is 6.21. The molecule has 0 unspecified atom stereocenters. The number of aromatic nitrogens is 3. The van der Waals surface area contributed by atoms with Gasteiger partial charge in [0.2, 0.25) is 0 Å². The van der Waals surface area contributed by atoms with Gasteiger partial charge in [0, 0.05) is 12.1 Å². The molecule has 8 nitrogen and oxygen atoms in total. The maximum Gasteiger partial charge on any atom is 0.387 e. The molecule has 1 amide bonds. The van der Waals surface area contributed by atoms with Gasteiger partial charge in [-0.15, -0.1) is 0 Å². The Kier molecular flexibility index (Phi) is 3.41. The summed E-state index contributed by atoms with van der Waals surface area (Å²) in [4.78, 5) is 32.1. The zero-order chi connectivity index (χ0) is 16.6. The largest absolute Gasteiger partial charge is 0.387 e. The Labute approximate surface area is 126 Å². The van der Waals surface area contributed by atoms with Gasteiger partial charge in [0.1, 0.15) is 11.9 Å². The van der Waals surface area contributed by atoms with E-state index in [0.717, 1.165) is 12.1 Å². The van der Waals surface area contributed by atoms with Gasteiger partial charge >= 0.3 is 5.82 Å². The predicted octanol–water partition coefficient (Wildman–Crippen LogP) is 2.40. The van der Waals surface area contributed by atoms with Gasteiger partial charge in [-0.3, -0.25) is 4.79 Å². The number of aromatic amines is 1. The number of imidazole rings is 1. The fourth-order valence-corrected chi connectivity index (χ4v) is 1.93. The van der Waals surface area contributed by atoms with E-state index in [0.29, 0.717) is 0 Å². The van der Waals surface area contributed by atoms with Crippen molar-refractivity contribution in [3.63, 3.8) is 0 Å². The number of hydrogen-bond donors (Lipinski definition) is 2. The summed E-state index contributed by atoms with van der Waals surface area (Å²) in [7, 11) is 0. The van der Waals surface area contributed by atoms with Crippen LogP contribution in [0.15, 0.2) is 30.5 Å². The SMILES string of the molecule is O=C(Nc1cccnc1[N+](=O)[O-])c1nc2cc(F)c(F)cc2[nH]1. The van der Waals surface area contributed by atoms with Crippen LogP contribution in [0, 0.1) is 21.7 Å². The fraction of sp³-hybridized carbons (Fsp3) is 0. The molecule has 0 bridgehead atoms. The third-order valence-electron chi connectivity index (χ3n) is 2.95. The van der Waals surface area contributed by atoms with Crippen LogP contribution in [0.3, 0.4) is 0 Å². The predicted molar refractivity (Wildman–Crippen MR) is 74.9 cm³/mol. The topological polar surface area (TPSA) is 114 Å². The summed E-state index contributed by atoms with van der Waals surface area (Å²) in [6.07, 6.45) is 1.21. The van der Waals surface area contributed by atoms with Crippen molar-refractivity contribution in [1.29, 1.82) is 0 Å². The molecule has 0 fully saturated rings. The normalized spacial score (nSPS) is 10.7. The van der Waals surface area contributed by atoms with Crippen LogP contribution in [0.2, 0.25) is 0 Å². The number of nitrogens with one attached hydrogen (secondary N) is 2. The van der Waals surface area contributed by atoms with Crippen molar-refractivity contribution in [1.82, 2.24) is 15.0 Å². The molecule has 0 aliphatic heterocycles. The Morgan fingerprint density at radius 1 is 1.30 bits per heavy atom. The molecular formula is C13H7F2N5O3. The number of hydrogen-bond acceptors (Lipinski definition) is 5. The molecule has 0 saturated heterocycles. The fourth-order valence-electron chi connectivity index (χ4n) is 1.93. The quantitative estimate of drug-likeness (QED) is 0.568. The second-order valence-electron chi connectivity index (χ2n) is 4.45. The van der Waals surface area contributed by atoms with Crippen molar-refractivity contribution in [2.45, 2.75) is 0 Å². The monoisotopic (exact) mass is 319 g/mol. The molecule has 0 aliphatic carbocycles. The lowest BCUT2D eigenvalue weighted by atomic mass is 10.3. The first-order chi connectivity index (χ1) is 11.0. The van der Waals surface area contributed by atoms with Crippen molar-refractivity contribution in [2.75, 3.05) is 5.32 Å². The highest BCUT2D eigenvalue weighted by Crippen LogP contribution is 2.21. The lowest BCUT2D eigenvalue weighted by Gasteiger charge is -2.02. The number of halogens is 2. The zero-order valence-electron chi connectivity index (χ0n) is 11.2. The van der Waals surface area contributed by atoms with Crippen LogP contribution in [0.25, 0.3) is 11.0 Å². The number of fused-ring (bicyclic) bond motifs is 1. The molecule has 0 atom stereocenters. The molecule has 0 radical (unpaired) electrons. The molecular weight excluding hydrogens is 312 g/mol. The van der Waals surface area contributed by atoms with Crippen LogP contribution >= 0.6 is 0 Å². The van der Waals surface area contributed by atoms with Crippen LogP contribution in [0.1, 0.15) is 10.6 Å². The molecule has 23 heavy (non-hydrogen) atoms. The van der Waals surface area contributed by atoms with E-state index in [1.165, 1.54) is 18.3 Å². The molecule has 116 valence electrons. The number of carbonyl (C=O) groups excluding carboxylic acids is 1. The molecule has 0 aliphatic rings. The summed E-state index contributed by atoms with van der Waals surface area (Å²) >= 11 is 0. The van der Waals surface area contributed by atoms with Gasteiger partial charge in [-0.2, -0.15) is 0 Å². The Morgan fingerprint density at radius 3 is 2.78 bits per heavy atom. The molecule has 0 saturated carbocycles. The van der Waals surface area contributed by atoms with Gasteiger partial charge in [0.15, 0.2) is 17.5 Å². The van der Waals surface area contributed by atoms with Gasteiger partial charge < -0.3 is 20.4 Å². The molecule has 0 spiro atoms. The van der Waals surface area contributed by atoms with Crippen molar-refractivity contribution in [3.8, 4) is 0 Å². The third kappa shape index (κ3) is 2.69. The van der Waals surface area contributed by atoms with Crippen LogP contribution in [0.5, 0.6) is 0 Å². The summed E-state index contributed by atoms with van der Waals surface area (Å²) in [5.41, 5.74) is 0.0461. The standard InChI is InChI=1S/C13H7F2N5O3/c14-6-4-9-10(5-7(6)15)18-11(17-9)13(21)19-8-2-1-3-16-12(8)20(22)23/h1-5H,(H,17,18)(H,19,21). The lowest BCUT2D eigenvalue weighted by molar-refractivity contribution is -0.388. The molecule has 3 aromatic rings. The van der Waals surface area contributed by atoms with E-state index in [4.69, 9.17) is 0 Å². The van der Waals surface area contributed by atoms with E-state index < -0.39 is 28.3 Å². The van der Waals surface area contributed by atoms with Crippen molar-refractivity contribution >= 4 is 28.4 Å². The molecule has 2 heterocycles. The third-order valence-corrected chi connectivity index (χ3v) is 2.95. The smallest absolute Gasteiger partial charge is 0.358 e. The summed E-state index contributed by atoms with van der Waals surface area (Å²) < 4.78 is 26.3. The number of benzene rings is 1. The molecule has 3 rings (SSSR count). The number of amides is 1. The van der Waals surface area contributed by atoms with Crippen LogP contribution in [-0.2, 0) is 0 Å². The van der Waals surface area contributed by atoms with Gasteiger partial charge in [-0.25, -0.2) is 13.8 Å². The van der Waals surface area contributed by atoms with Crippen molar-refractivity contribution in [3.05, 3.63) is 58.0 Å². The van der Waals surface area contributed by atoms with Gasteiger partial charge in [-0.05, 0) is 22.0 Å². The number of nitro groups is 1. The van der Waals surface area contributed by atoms with Crippen LogP contribution < -0.4 is 5.32 Å². The summed E-state index contributed by atoms with van der Waals surface area (Å²) in [6, 6.07) is 4.41. The average molecular weight is 319 g/mol. The highest BCUT2D eigenvalue weighted by Gasteiger charge is 2.19. The molecule has 10 heteroatoms. The molecule has 1 aromatic carbocycles. The summed E-state index contributed by atoms with van der Waals surface area (Å²) in [5, 5.41) is 13.1. The van der Waals surface area contributed by atoms with E-state index in [-0.39, 0.29) is 22.5 Å². The maximum absolute atomic E-state index is 13.1. The number of carbonyl (C=O) groups is 1. The summed E-state index contributed by atoms with van der Waals surface area (Å²) in [5.74, 6) is -3.77. The van der Waals surface area contributed by atoms with Gasteiger partial charge in [-0.1, -0.05) is 0 Å². The van der Waals surface area contributed by atoms with E-state index in [1.54, 1.807) is 0 Å². The minimum Gasteiger partial charge on any atom is -0.358 e. The summed E-state index contributed by atoms with van der Waals surface area (Å²) in [6.45, 7) is 0. The molecule has 2 aromatic heterocycles. The number of nitrogens with zero attached hydrogens (tertiary/aromatic N) is 3. The van der Waals surface area contributed by atoms with E-state index in [9.17, 15) is 23.7 Å². The van der Waals surface area contributed by atoms with E-state index >= 15 is 0 Å². The highest BCUT2D eigenvalue weighted by molar-refractivity contribution is 6.04. The average Bonchev–Trinajstić information content (AvgIpc) is 2.91. The minimum atomic E-state index is -1.10. The van der Waals surface area contributed by atoms with E-state index in [2.05, 4.69) is 20.3 Å². The van der Waals surface area contributed by atoms with E-state index in [1.807, 2.05) is 0 Å².